The second kappa shape index (κ2) is 3.56. The maximum Gasteiger partial charge on any atom is 0.0718 e. The molecule has 0 aliphatic heterocycles. The zero-order chi connectivity index (χ0) is 4.12. The summed E-state index contributed by atoms with van der Waals surface area (Å²) in [7, 11) is 0. The predicted molar refractivity (Wildman–Crippen MR) is 19.1 cm³/mol. The summed E-state index contributed by atoms with van der Waals surface area (Å²) in [5.74, 6) is 0. The molecule has 3 nitrogen and oxygen atoms in total. The van der Waals surface area contributed by atoms with Gasteiger partial charge in [0.05, 0.1) is 6.54 Å². The largest absolute Gasteiger partial charge is 0.329 e. The van der Waals surface area contributed by atoms with E-state index in [2.05, 4.69) is 5.11 Å². The fraction of sp³-hybridized carbons (Fsp3) is 1.00. The average molecular weight is 73.1 g/mol. The minimum Gasteiger partial charge on any atom is -0.329 e. The van der Waals surface area contributed by atoms with E-state index in [0.29, 0.717) is 13.1 Å². The molecule has 0 heterocycles. The molecule has 0 aromatic heterocycles. The van der Waals surface area contributed by atoms with Gasteiger partial charge in [-0.3, -0.25) is 0 Å². The summed E-state index contributed by atoms with van der Waals surface area (Å²) < 4.78 is 0. The third kappa shape index (κ3) is 3.56. The predicted octanol–water partition coefficient (Wildman–Crippen LogP) is -0.0239. The van der Waals surface area contributed by atoms with E-state index in [4.69, 9.17) is 11.3 Å². The van der Waals surface area contributed by atoms with Crippen LogP contribution in [0, 0.1) is 5.53 Å². The molecule has 0 rings (SSSR count). The third-order valence-corrected chi connectivity index (χ3v) is 0.241. The molecule has 0 aliphatic carbocycles. The quantitative estimate of drug-likeness (QED) is 0.443. The van der Waals surface area contributed by atoms with Crippen molar-refractivity contribution in [3.63, 3.8) is 0 Å². The highest BCUT2D eigenvalue weighted by Crippen LogP contribution is 1.54. The van der Waals surface area contributed by atoms with Gasteiger partial charge in [0.25, 0.3) is 0 Å². The number of nitrogens with one attached hydrogen (secondary N) is 1. The van der Waals surface area contributed by atoms with E-state index in [1.165, 1.54) is 0 Å². The Morgan fingerprint density at radius 1 is 1.80 bits per heavy atom. The van der Waals surface area contributed by atoms with Crippen LogP contribution in [0.4, 0.5) is 0 Å². The van der Waals surface area contributed by atoms with E-state index < -0.39 is 0 Å². The van der Waals surface area contributed by atoms with Gasteiger partial charge in [-0.15, -0.1) is 0 Å². The van der Waals surface area contributed by atoms with Gasteiger partial charge >= 0.3 is 0 Å². The first-order chi connectivity index (χ1) is 2.41. The van der Waals surface area contributed by atoms with Gasteiger partial charge < -0.3 is 5.73 Å². The van der Waals surface area contributed by atoms with Crippen molar-refractivity contribution >= 4 is 0 Å². The molecule has 0 atom stereocenters. The average Bonchev–Trinajstić information content (AvgIpc) is 1.41. The summed E-state index contributed by atoms with van der Waals surface area (Å²) in [6.07, 6.45) is 0. The van der Waals surface area contributed by atoms with Crippen molar-refractivity contribution < 1.29 is 0 Å². The molecule has 0 unspecified atom stereocenters. The summed E-state index contributed by atoms with van der Waals surface area (Å²) >= 11 is 0. The SMILES string of the molecule is N=NCCN. The van der Waals surface area contributed by atoms with Crippen molar-refractivity contribution in [2.45, 2.75) is 0 Å². The van der Waals surface area contributed by atoms with Gasteiger partial charge in [0.15, 0.2) is 0 Å². The lowest BCUT2D eigenvalue weighted by Gasteiger charge is -1.73. The second-order valence-electron chi connectivity index (χ2n) is 0.670. The normalized spacial score (nSPS) is 7.40. The van der Waals surface area contributed by atoms with Gasteiger partial charge in [-0.1, -0.05) is 0 Å². The molecular weight excluding hydrogens is 66.0 g/mol. The van der Waals surface area contributed by atoms with E-state index >= 15 is 0 Å². The molecular formula is C2H7N3. The molecule has 0 saturated carbocycles. The van der Waals surface area contributed by atoms with Crippen molar-refractivity contribution in [2.75, 3.05) is 13.1 Å². The molecule has 3 heteroatoms. The Morgan fingerprint density at radius 3 is 2.40 bits per heavy atom. The molecule has 0 aromatic carbocycles. The summed E-state index contributed by atoms with van der Waals surface area (Å²) in [6.45, 7) is 0.948. The van der Waals surface area contributed by atoms with Gasteiger partial charge in [0.1, 0.15) is 0 Å². The Morgan fingerprint density at radius 2 is 2.40 bits per heavy atom. The van der Waals surface area contributed by atoms with Crippen LogP contribution in [0.3, 0.4) is 0 Å². The van der Waals surface area contributed by atoms with Gasteiger partial charge in [-0.25, -0.2) is 5.53 Å². The minimum atomic E-state index is 0.458. The molecule has 0 amide bonds. The number of hydrogen-bond donors (Lipinski definition) is 2. The van der Waals surface area contributed by atoms with E-state index in [0.717, 1.165) is 0 Å². The first-order valence-electron chi connectivity index (χ1n) is 1.45. The Labute approximate surface area is 30.7 Å². The molecule has 0 aromatic rings. The number of hydrogen-bond acceptors (Lipinski definition) is 3. The van der Waals surface area contributed by atoms with Crippen LogP contribution in [-0.4, -0.2) is 13.1 Å². The molecule has 3 N–H and O–H groups in total. The molecule has 5 heavy (non-hydrogen) atoms. The Bertz CT molecular complexity index is 26.1. The van der Waals surface area contributed by atoms with Gasteiger partial charge in [-0.2, -0.15) is 5.11 Å². The maximum absolute atomic E-state index is 6.15. The lowest BCUT2D eigenvalue weighted by molar-refractivity contribution is 0.876. The minimum absolute atomic E-state index is 0.458. The van der Waals surface area contributed by atoms with Crippen LogP contribution in [0.1, 0.15) is 0 Å². The molecule has 0 fully saturated rings. The highest BCUT2D eigenvalue weighted by Gasteiger charge is 1.63. The third-order valence-electron chi connectivity index (χ3n) is 0.241. The Kier molecular flexibility index (Phi) is 3.25. The van der Waals surface area contributed by atoms with Crippen molar-refractivity contribution in [1.82, 2.24) is 0 Å². The van der Waals surface area contributed by atoms with Crippen molar-refractivity contribution in [1.29, 1.82) is 5.53 Å². The summed E-state index contributed by atoms with van der Waals surface area (Å²) in [4.78, 5) is 0. The van der Waals surface area contributed by atoms with Crippen molar-refractivity contribution in [2.24, 2.45) is 10.8 Å². The van der Waals surface area contributed by atoms with Crippen LogP contribution in [0.5, 0.6) is 0 Å². The van der Waals surface area contributed by atoms with Crippen LogP contribution in [0.25, 0.3) is 0 Å². The Hall–Kier alpha value is -0.440. The second-order valence-corrected chi connectivity index (χ2v) is 0.670. The van der Waals surface area contributed by atoms with Gasteiger partial charge in [-0.05, 0) is 0 Å². The lowest BCUT2D eigenvalue weighted by atomic mass is 10.7. The van der Waals surface area contributed by atoms with Crippen molar-refractivity contribution in [3.8, 4) is 0 Å². The Balaban J connectivity index is 2.40. The lowest BCUT2D eigenvalue weighted by Crippen LogP contribution is -2.00. The monoisotopic (exact) mass is 73.1 g/mol. The highest BCUT2D eigenvalue weighted by atomic mass is 15.0. The van der Waals surface area contributed by atoms with Crippen LogP contribution in [-0.2, 0) is 0 Å². The molecule has 30 valence electrons. The van der Waals surface area contributed by atoms with E-state index in [-0.39, 0.29) is 0 Å². The fourth-order valence-electron chi connectivity index (χ4n) is 0.0645. The summed E-state index contributed by atoms with van der Waals surface area (Å²) in [5, 5.41) is 2.98. The smallest absolute Gasteiger partial charge is 0.0718 e. The van der Waals surface area contributed by atoms with E-state index in [9.17, 15) is 0 Å². The number of rotatable bonds is 2. The van der Waals surface area contributed by atoms with Gasteiger partial charge in [0.2, 0.25) is 0 Å². The zero-order valence-electron chi connectivity index (χ0n) is 2.94. The summed E-state index contributed by atoms with van der Waals surface area (Å²) in [5.41, 5.74) is 11.1. The molecule has 0 bridgehead atoms. The number of nitrogens with two attached hydrogens (primary N) is 1. The van der Waals surface area contributed by atoms with Gasteiger partial charge in [0, 0.05) is 6.54 Å². The van der Waals surface area contributed by atoms with E-state index in [1.54, 1.807) is 0 Å². The topological polar surface area (TPSA) is 62.2 Å². The van der Waals surface area contributed by atoms with Crippen LogP contribution < -0.4 is 5.73 Å². The zero-order valence-corrected chi connectivity index (χ0v) is 2.94. The molecule has 0 spiro atoms. The summed E-state index contributed by atoms with van der Waals surface area (Å²) in [6, 6.07) is 0. The van der Waals surface area contributed by atoms with E-state index in [1.807, 2.05) is 0 Å². The molecule has 0 aliphatic rings. The van der Waals surface area contributed by atoms with Crippen LogP contribution in [0.2, 0.25) is 0 Å². The van der Waals surface area contributed by atoms with Crippen LogP contribution >= 0.6 is 0 Å². The fourth-order valence-corrected chi connectivity index (χ4v) is 0.0645. The molecule has 0 radical (unpaired) electrons. The maximum atomic E-state index is 6.15. The number of nitrogens with zero attached hydrogens (tertiary/aromatic N) is 1. The first kappa shape index (κ1) is 4.56. The standard InChI is InChI=1S/C2H7N3/c3-1-2-5-4/h4H,1-3H2. The molecule has 0 saturated heterocycles. The first-order valence-corrected chi connectivity index (χ1v) is 1.45. The van der Waals surface area contributed by atoms with Crippen LogP contribution in [0.15, 0.2) is 5.11 Å². The highest BCUT2D eigenvalue weighted by molar-refractivity contribution is 4.30. The van der Waals surface area contributed by atoms with Crippen molar-refractivity contribution in [3.05, 3.63) is 0 Å².